The molecule has 1 saturated carbocycles. The molecule has 8 heteroatoms. The van der Waals surface area contributed by atoms with Gasteiger partial charge in [-0.15, -0.1) is 24.0 Å². The molecule has 170 valence electrons. The number of rotatable bonds is 7. The van der Waals surface area contributed by atoms with E-state index in [0.717, 1.165) is 58.0 Å². The lowest BCUT2D eigenvalue weighted by atomic mass is 9.67. The molecule has 1 aliphatic heterocycles. The van der Waals surface area contributed by atoms with E-state index in [1.807, 2.05) is 32.7 Å². The summed E-state index contributed by atoms with van der Waals surface area (Å²) in [5.74, 6) is 1.42. The van der Waals surface area contributed by atoms with Gasteiger partial charge < -0.3 is 25.0 Å². The topological polar surface area (TPSA) is 75.2 Å². The number of hydrogen-bond donors (Lipinski definition) is 2. The van der Waals surface area contributed by atoms with Crippen molar-refractivity contribution in [1.29, 1.82) is 0 Å². The van der Waals surface area contributed by atoms with Crippen molar-refractivity contribution in [3.63, 3.8) is 0 Å². The summed E-state index contributed by atoms with van der Waals surface area (Å²) in [4.78, 5) is 18.4. The Hall–Kier alpha value is -0.770. The van der Waals surface area contributed by atoms with Crippen molar-refractivity contribution in [2.75, 3.05) is 46.9 Å². The van der Waals surface area contributed by atoms with Crippen LogP contribution in [0.5, 0.6) is 0 Å². The van der Waals surface area contributed by atoms with E-state index in [0.29, 0.717) is 11.3 Å². The summed E-state index contributed by atoms with van der Waals surface area (Å²) in [6.07, 6.45) is 6.73. The van der Waals surface area contributed by atoms with E-state index in [1.165, 1.54) is 19.3 Å². The van der Waals surface area contributed by atoms with Crippen molar-refractivity contribution in [3.8, 4) is 0 Å². The van der Waals surface area contributed by atoms with Crippen molar-refractivity contribution in [2.45, 2.75) is 64.9 Å². The van der Waals surface area contributed by atoms with Gasteiger partial charge in [0.15, 0.2) is 5.96 Å². The molecule has 7 nitrogen and oxygen atoms in total. The zero-order chi connectivity index (χ0) is 20.6. The highest BCUT2D eigenvalue weighted by atomic mass is 127. The normalized spacial score (nSPS) is 19.8. The monoisotopic (exact) mass is 524 g/mol. The molecule has 0 spiro atoms. The number of carbonyl (C=O) groups excluding carboxylic acids is 1. The SMILES string of the molecule is CN=C(NCC1CCN(C(=O)OC(C)(C)C)CC1)NCC1(CCOC)CCC1.I. The second kappa shape index (κ2) is 12.2. The molecule has 0 bridgehead atoms. The number of nitrogens with zero attached hydrogens (tertiary/aromatic N) is 2. The van der Waals surface area contributed by atoms with Gasteiger partial charge in [0.05, 0.1) is 0 Å². The maximum atomic E-state index is 12.2. The molecule has 1 heterocycles. The van der Waals surface area contributed by atoms with Crippen LogP contribution in [0.1, 0.15) is 59.3 Å². The standard InChI is InChI=1S/C21H40N4O3.HI/c1-20(2,3)28-19(26)25-12-7-17(8-13-25)15-23-18(22-4)24-16-21(9-6-10-21)11-14-27-5;/h17H,6-16H2,1-5H3,(H2,22,23,24);1H. The van der Waals surface area contributed by atoms with Crippen LogP contribution in [0.25, 0.3) is 0 Å². The van der Waals surface area contributed by atoms with Gasteiger partial charge in [0.25, 0.3) is 0 Å². The van der Waals surface area contributed by atoms with Gasteiger partial charge in [-0.05, 0) is 64.2 Å². The molecule has 0 unspecified atom stereocenters. The molecule has 1 aliphatic carbocycles. The van der Waals surface area contributed by atoms with Crippen LogP contribution < -0.4 is 10.6 Å². The molecule has 0 aromatic carbocycles. The van der Waals surface area contributed by atoms with Crippen molar-refractivity contribution >= 4 is 36.0 Å². The predicted molar refractivity (Wildman–Crippen MR) is 128 cm³/mol. The number of ether oxygens (including phenoxy) is 2. The second-order valence-electron chi connectivity index (χ2n) is 9.31. The minimum atomic E-state index is -0.436. The average Bonchev–Trinajstić information content (AvgIpc) is 2.62. The number of piperidine rings is 1. The van der Waals surface area contributed by atoms with Crippen LogP contribution in [0.3, 0.4) is 0 Å². The van der Waals surface area contributed by atoms with Gasteiger partial charge in [-0.25, -0.2) is 4.79 Å². The maximum Gasteiger partial charge on any atom is 0.410 e. The molecule has 2 rings (SSSR count). The number of nitrogens with one attached hydrogen (secondary N) is 2. The lowest BCUT2D eigenvalue weighted by Crippen LogP contribution is -2.48. The summed E-state index contributed by atoms with van der Waals surface area (Å²) >= 11 is 0. The average molecular weight is 524 g/mol. The first-order valence-electron chi connectivity index (χ1n) is 10.7. The molecule has 0 atom stereocenters. The van der Waals surface area contributed by atoms with E-state index < -0.39 is 5.60 Å². The molecule has 0 aromatic heterocycles. The Kier molecular flexibility index (Phi) is 11.0. The Morgan fingerprint density at radius 3 is 2.34 bits per heavy atom. The van der Waals surface area contributed by atoms with Crippen LogP contribution in [0.4, 0.5) is 4.79 Å². The Labute approximate surface area is 193 Å². The lowest BCUT2D eigenvalue weighted by Gasteiger charge is -2.42. The van der Waals surface area contributed by atoms with E-state index in [1.54, 1.807) is 7.11 Å². The lowest BCUT2D eigenvalue weighted by molar-refractivity contribution is 0.0185. The van der Waals surface area contributed by atoms with Crippen LogP contribution in [-0.2, 0) is 9.47 Å². The summed E-state index contributed by atoms with van der Waals surface area (Å²) < 4.78 is 10.7. The Bertz CT molecular complexity index is 525. The third-order valence-electron chi connectivity index (χ3n) is 5.93. The first-order valence-corrected chi connectivity index (χ1v) is 10.7. The summed E-state index contributed by atoms with van der Waals surface area (Å²) in [6, 6.07) is 0. The minimum absolute atomic E-state index is 0. The highest BCUT2D eigenvalue weighted by Crippen LogP contribution is 2.43. The zero-order valence-corrected chi connectivity index (χ0v) is 21.2. The molecule has 1 saturated heterocycles. The van der Waals surface area contributed by atoms with Gasteiger partial charge in [-0.2, -0.15) is 0 Å². The van der Waals surface area contributed by atoms with E-state index in [-0.39, 0.29) is 30.1 Å². The van der Waals surface area contributed by atoms with Gasteiger partial charge in [0.1, 0.15) is 5.60 Å². The van der Waals surface area contributed by atoms with Crippen LogP contribution in [0.2, 0.25) is 0 Å². The predicted octanol–water partition coefficient (Wildman–Crippen LogP) is 3.62. The molecule has 0 aromatic rings. The van der Waals surface area contributed by atoms with Crippen LogP contribution in [0, 0.1) is 11.3 Å². The van der Waals surface area contributed by atoms with Crippen LogP contribution in [0.15, 0.2) is 4.99 Å². The number of hydrogen-bond acceptors (Lipinski definition) is 4. The Balaban J connectivity index is 0.00000420. The quantitative estimate of drug-likeness (QED) is 0.302. The third-order valence-corrected chi connectivity index (χ3v) is 5.93. The van der Waals surface area contributed by atoms with Crippen molar-refractivity contribution in [1.82, 2.24) is 15.5 Å². The van der Waals surface area contributed by atoms with E-state index in [4.69, 9.17) is 9.47 Å². The fourth-order valence-corrected chi connectivity index (χ4v) is 3.89. The second-order valence-corrected chi connectivity index (χ2v) is 9.31. The molecule has 0 radical (unpaired) electrons. The fourth-order valence-electron chi connectivity index (χ4n) is 3.89. The smallest absolute Gasteiger partial charge is 0.410 e. The van der Waals surface area contributed by atoms with Gasteiger partial charge in [-0.3, -0.25) is 4.99 Å². The van der Waals surface area contributed by atoms with Crippen molar-refractivity contribution in [3.05, 3.63) is 0 Å². The summed E-state index contributed by atoms with van der Waals surface area (Å²) in [6.45, 7) is 9.89. The number of amides is 1. The number of guanidine groups is 1. The van der Waals surface area contributed by atoms with Gasteiger partial charge >= 0.3 is 6.09 Å². The van der Waals surface area contributed by atoms with Crippen molar-refractivity contribution in [2.24, 2.45) is 16.3 Å². The number of methoxy groups -OCH3 is 1. The summed E-state index contributed by atoms with van der Waals surface area (Å²) in [5, 5.41) is 6.98. The summed E-state index contributed by atoms with van der Waals surface area (Å²) in [5.41, 5.74) is -0.0684. The van der Waals surface area contributed by atoms with E-state index in [2.05, 4.69) is 15.6 Å². The molecule has 2 aliphatic rings. The molecule has 29 heavy (non-hydrogen) atoms. The highest BCUT2D eigenvalue weighted by molar-refractivity contribution is 14.0. The van der Waals surface area contributed by atoms with Gasteiger partial charge in [0, 0.05) is 46.9 Å². The molecule has 1 amide bonds. The van der Waals surface area contributed by atoms with Gasteiger partial charge in [-0.1, -0.05) is 6.42 Å². The molecular weight excluding hydrogens is 483 g/mol. The summed E-state index contributed by atoms with van der Waals surface area (Å²) in [7, 11) is 3.59. The third kappa shape index (κ3) is 8.86. The maximum absolute atomic E-state index is 12.2. The zero-order valence-electron chi connectivity index (χ0n) is 18.9. The number of aliphatic imine (C=N–C) groups is 1. The molecule has 2 N–H and O–H groups in total. The molecule has 2 fully saturated rings. The van der Waals surface area contributed by atoms with Crippen molar-refractivity contribution < 1.29 is 14.3 Å². The first kappa shape index (κ1) is 26.3. The first-order chi connectivity index (χ1) is 13.3. The molecular formula is C21H41IN4O3. The Morgan fingerprint density at radius 1 is 1.21 bits per heavy atom. The number of halogens is 1. The minimum Gasteiger partial charge on any atom is -0.444 e. The Morgan fingerprint density at radius 2 is 1.86 bits per heavy atom. The highest BCUT2D eigenvalue weighted by Gasteiger charge is 2.36. The van der Waals surface area contributed by atoms with Crippen LogP contribution in [-0.4, -0.2) is 69.5 Å². The van der Waals surface area contributed by atoms with Gasteiger partial charge in [0.2, 0.25) is 0 Å². The number of carbonyl (C=O) groups is 1. The largest absolute Gasteiger partial charge is 0.444 e. The number of likely N-dealkylation sites (tertiary alicyclic amines) is 1. The van der Waals surface area contributed by atoms with E-state index in [9.17, 15) is 4.79 Å². The fraction of sp³-hybridized carbons (Fsp3) is 0.905. The van der Waals surface area contributed by atoms with Crippen LogP contribution >= 0.6 is 24.0 Å². The van der Waals surface area contributed by atoms with E-state index >= 15 is 0 Å².